The van der Waals surface area contributed by atoms with Crippen LogP contribution in [0.1, 0.15) is 5.89 Å². The molecule has 0 N–H and O–H groups in total. The predicted molar refractivity (Wildman–Crippen MR) is 117 cm³/mol. The van der Waals surface area contributed by atoms with Crippen LogP contribution >= 0.6 is 23.4 Å². The summed E-state index contributed by atoms with van der Waals surface area (Å²) < 4.78 is 13.0. The van der Waals surface area contributed by atoms with Crippen LogP contribution in [0.5, 0.6) is 5.75 Å². The molecule has 0 saturated heterocycles. The summed E-state index contributed by atoms with van der Waals surface area (Å²) in [7, 11) is 1.64. The molecule has 0 spiro atoms. The summed E-state index contributed by atoms with van der Waals surface area (Å²) in [6, 6.07) is 14.9. The molecule has 2 aromatic heterocycles. The molecule has 0 fully saturated rings. The summed E-state index contributed by atoms with van der Waals surface area (Å²) >= 11 is 7.40. The van der Waals surface area contributed by atoms with Crippen LogP contribution in [0.15, 0.2) is 70.8 Å². The van der Waals surface area contributed by atoms with Gasteiger partial charge in [0, 0.05) is 22.7 Å². The first-order chi connectivity index (χ1) is 14.7. The molecule has 9 heteroatoms. The van der Waals surface area contributed by atoms with Gasteiger partial charge >= 0.3 is 0 Å². The standard InChI is InChI=1S/C21H18ClN5O2S/c1-3-12-27-19(14-6-10-17(28-2)11-7-14)24-26-21(27)30-13-18-23-25-20(29-18)15-4-8-16(22)9-5-15/h3-11H,1,12-13H2,2H3. The number of halogens is 1. The highest BCUT2D eigenvalue weighted by molar-refractivity contribution is 7.98. The predicted octanol–water partition coefficient (Wildman–Crippen LogP) is 5.14. The number of ether oxygens (including phenoxy) is 1. The fourth-order valence-electron chi connectivity index (χ4n) is 2.79. The van der Waals surface area contributed by atoms with Crippen molar-refractivity contribution >= 4 is 23.4 Å². The van der Waals surface area contributed by atoms with Crippen molar-refractivity contribution in [2.45, 2.75) is 17.5 Å². The highest BCUT2D eigenvalue weighted by atomic mass is 35.5. The first-order valence-electron chi connectivity index (χ1n) is 9.07. The molecule has 2 aromatic carbocycles. The number of thioether (sulfide) groups is 1. The van der Waals surface area contributed by atoms with Crippen molar-refractivity contribution < 1.29 is 9.15 Å². The molecule has 152 valence electrons. The van der Waals surface area contributed by atoms with E-state index >= 15 is 0 Å². The maximum Gasteiger partial charge on any atom is 0.247 e. The van der Waals surface area contributed by atoms with Crippen molar-refractivity contribution in [2.24, 2.45) is 0 Å². The molecule has 0 aliphatic rings. The first kappa shape index (κ1) is 20.2. The molecule has 0 amide bonds. The Kier molecular flexibility index (Phi) is 6.15. The smallest absolute Gasteiger partial charge is 0.247 e. The van der Waals surface area contributed by atoms with Gasteiger partial charge in [0.2, 0.25) is 11.8 Å². The number of nitrogens with zero attached hydrogens (tertiary/aromatic N) is 5. The highest BCUT2D eigenvalue weighted by Crippen LogP contribution is 2.28. The number of benzene rings is 2. The molecule has 0 aliphatic heterocycles. The van der Waals surface area contributed by atoms with E-state index in [2.05, 4.69) is 27.0 Å². The molecule has 2 heterocycles. The molecule has 4 rings (SSSR count). The molecule has 0 saturated carbocycles. The quantitative estimate of drug-likeness (QED) is 0.278. The third kappa shape index (κ3) is 4.39. The molecule has 4 aromatic rings. The molecule has 0 aliphatic carbocycles. The Morgan fingerprint density at radius 1 is 1.03 bits per heavy atom. The van der Waals surface area contributed by atoms with Crippen LogP contribution in [0.4, 0.5) is 0 Å². The summed E-state index contributed by atoms with van der Waals surface area (Å²) in [6.07, 6.45) is 1.81. The van der Waals surface area contributed by atoms with Gasteiger partial charge in [0.1, 0.15) is 5.75 Å². The SMILES string of the molecule is C=CCn1c(SCc2nnc(-c3ccc(Cl)cc3)o2)nnc1-c1ccc(OC)cc1. The number of hydrogen-bond donors (Lipinski definition) is 0. The maximum atomic E-state index is 5.93. The van der Waals surface area contributed by atoms with Gasteiger partial charge in [0.25, 0.3) is 0 Å². The van der Waals surface area contributed by atoms with Crippen LogP contribution in [-0.4, -0.2) is 32.1 Å². The van der Waals surface area contributed by atoms with Gasteiger partial charge in [-0.25, -0.2) is 0 Å². The molecule has 0 unspecified atom stereocenters. The summed E-state index contributed by atoms with van der Waals surface area (Å²) in [5, 5.41) is 18.3. The zero-order chi connectivity index (χ0) is 20.9. The Balaban J connectivity index is 1.51. The monoisotopic (exact) mass is 439 g/mol. The molecular formula is C21H18ClN5O2S. The second-order valence-corrected chi connectivity index (χ2v) is 7.61. The molecule has 30 heavy (non-hydrogen) atoms. The Morgan fingerprint density at radius 3 is 2.47 bits per heavy atom. The molecule has 0 atom stereocenters. The maximum absolute atomic E-state index is 5.93. The van der Waals surface area contributed by atoms with E-state index in [0.29, 0.717) is 29.1 Å². The van der Waals surface area contributed by atoms with E-state index in [-0.39, 0.29) is 0 Å². The van der Waals surface area contributed by atoms with Crippen LogP contribution < -0.4 is 4.74 Å². The van der Waals surface area contributed by atoms with Gasteiger partial charge in [-0.05, 0) is 48.5 Å². The lowest BCUT2D eigenvalue weighted by molar-refractivity contribution is 0.415. The second kappa shape index (κ2) is 9.15. The fourth-order valence-corrected chi connectivity index (χ4v) is 3.70. The summed E-state index contributed by atoms with van der Waals surface area (Å²) in [5.41, 5.74) is 1.76. The van der Waals surface area contributed by atoms with Crippen LogP contribution in [0.2, 0.25) is 5.02 Å². The molecule has 0 bridgehead atoms. The van der Waals surface area contributed by atoms with E-state index in [1.54, 1.807) is 19.2 Å². The van der Waals surface area contributed by atoms with Crippen LogP contribution in [0.25, 0.3) is 22.8 Å². The summed E-state index contributed by atoms with van der Waals surface area (Å²) in [5.74, 6) is 2.97. The zero-order valence-electron chi connectivity index (χ0n) is 16.2. The third-order valence-electron chi connectivity index (χ3n) is 4.26. The lowest BCUT2D eigenvalue weighted by Crippen LogP contribution is -2.00. The molecular weight excluding hydrogens is 422 g/mol. The van der Waals surface area contributed by atoms with E-state index in [1.165, 1.54) is 11.8 Å². The lowest BCUT2D eigenvalue weighted by atomic mass is 10.2. The van der Waals surface area contributed by atoms with Crippen molar-refractivity contribution in [3.05, 3.63) is 72.1 Å². The second-order valence-electron chi connectivity index (χ2n) is 6.23. The topological polar surface area (TPSA) is 78.9 Å². The minimum Gasteiger partial charge on any atom is -0.497 e. The van der Waals surface area contributed by atoms with Gasteiger partial charge < -0.3 is 9.15 Å². The average Bonchev–Trinajstić information content (AvgIpc) is 3.40. The number of aromatic nitrogens is 5. The largest absolute Gasteiger partial charge is 0.497 e. The summed E-state index contributed by atoms with van der Waals surface area (Å²) in [6.45, 7) is 4.42. The van der Waals surface area contributed by atoms with E-state index in [4.69, 9.17) is 20.8 Å². The molecule has 0 radical (unpaired) electrons. The molecule has 7 nitrogen and oxygen atoms in total. The van der Waals surface area contributed by atoms with E-state index in [0.717, 1.165) is 27.9 Å². The van der Waals surface area contributed by atoms with Crippen molar-refractivity contribution in [1.82, 2.24) is 25.0 Å². The number of methoxy groups -OCH3 is 1. The van der Waals surface area contributed by atoms with Crippen LogP contribution in [0, 0.1) is 0 Å². The van der Waals surface area contributed by atoms with Crippen LogP contribution in [0.3, 0.4) is 0 Å². The third-order valence-corrected chi connectivity index (χ3v) is 5.46. The van der Waals surface area contributed by atoms with Gasteiger partial charge in [-0.3, -0.25) is 4.57 Å². The van der Waals surface area contributed by atoms with Gasteiger partial charge in [-0.1, -0.05) is 29.4 Å². The first-order valence-corrected chi connectivity index (χ1v) is 10.4. The Morgan fingerprint density at radius 2 is 1.77 bits per heavy atom. The van der Waals surface area contributed by atoms with Crippen molar-refractivity contribution in [3.63, 3.8) is 0 Å². The van der Waals surface area contributed by atoms with Gasteiger partial charge in [-0.2, -0.15) is 0 Å². The minimum atomic E-state index is 0.453. The Hall–Kier alpha value is -3.10. The normalized spacial score (nSPS) is 10.9. The zero-order valence-corrected chi connectivity index (χ0v) is 17.7. The van der Waals surface area contributed by atoms with Crippen molar-refractivity contribution in [2.75, 3.05) is 7.11 Å². The van der Waals surface area contributed by atoms with Crippen molar-refractivity contribution in [1.29, 1.82) is 0 Å². The summed E-state index contributed by atoms with van der Waals surface area (Å²) in [4.78, 5) is 0. The van der Waals surface area contributed by atoms with E-state index in [1.807, 2.05) is 47.0 Å². The fraction of sp³-hybridized carbons (Fsp3) is 0.143. The van der Waals surface area contributed by atoms with E-state index in [9.17, 15) is 0 Å². The number of rotatable bonds is 8. The number of allylic oxidation sites excluding steroid dienone is 1. The average molecular weight is 440 g/mol. The number of hydrogen-bond acceptors (Lipinski definition) is 7. The Bertz CT molecular complexity index is 1140. The van der Waals surface area contributed by atoms with Gasteiger partial charge in [0.15, 0.2) is 11.0 Å². The Labute approximate surface area is 182 Å². The van der Waals surface area contributed by atoms with Gasteiger partial charge in [0.05, 0.1) is 12.9 Å². The van der Waals surface area contributed by atoms with E-state index < -0.39 is 0 Å². The van der Waals surface area contributed by atoms with Crippen LogP contribution in [-0.2, 0) is 12.3 Å². The highest BCUT2D eigenvalue weighted by Gasteiger charge is 2.16. The van der Waals surface area contributed by atoms with Crippen molar-refractivity contribution in [3.8, 4) is 28.6 Å². The van der Waals surface area contributed by atoms with Gasteiger partial charge in [-0.15, -0.1) is 27.0 Å². The minimum absolute atomic E-state index is 0.453. The lowest BCUT2D eigenvalue weighted by Gasteiger charge is -2.07.